The lowest BCUT2D eigenvalue weighted by molar-refractivity contribution is -0.132. The smallest absolute Gasteiger partial charge is 0.239 e. The van der Waals surface area contributed by atoms with Gasteiger partial charge in [0.2, 0.25) is 11.8 Å². The van der Waals surface area contributed by atoms with E-state index >= 15 is 0 Å². The van der Waals surface area contributed by atoms with E-state index in [1.165, 1.54) is 12.8 Å². The average Bonchev–Trinajstić information content (AvgIpc) is 3.29. The Bertz CT molecular complexity index is 576. The lowest BCUT2D eigenvalue weighted by Crippen LogP contribution is -2.52. The van der Waals surface area contributed by atoms with Crippen LogP contribution >= 0.6 is 0 Å². The molecule has 0 radical (unpaired) electrons. The van der Waals surface area contributed by atoms with Gasteiger partial charge in [0.15, 0.2) is 5.82 Å². The van der Waals surface area contributed by atoms with E-state index in [0.717, 1.165) is 12.5 Å². The average molecular weight is 335 g/mol. The van der Waals surface area contributed by atoms with Gasteiger partial charge in [0.1, 0.15) is 5.76 Å². The lowest BCUT2D eigenvalue weighted by atomic mass is 10.3. The number of hydrogen-bond donors (Lipinski definition) is 2. The third-order valence-electron chi connectivity index (χ3n) is 4.39. The molecule has 132 valence electrons. The van der Waals surface area contributed by atoms with Crippen molar-refractivity contribution in [1.82, 2.24) is 20.3 Å². The Kier molecular flexibility index (Phi) is 5.47. The van der Waals surface area contributed by atoms with Crippen molar-refractivity contribution in [3.05, 3.63) is 11.8 Å². The highest BCUT2D eigenvalue weighted by molar-refractivity contribution is 5.91. The maximum atomic E-state index is 12.1. The summed E-state index contributed by atoms with van der Waals surface area (Å²) in [5.41, 5.74) is 0. The predicted octanol–water partition coefficient (Wildman–Crippen LogP) is 0.0653. The van der Waals surface area contributed by atoms with Gasteiger partial charge in [-0.1, -0.05) is 5.16 Å². The summed E-state index contributed by atoms with van der Waals surface area (Å²) in [7, 11) is 0. The second-order valence-corrected chi connectivity index (χ2v) is 6.60. The molecule has 3 rings (SSSR count). The summed E-state index contributed by atoms with van der Waals surface area (Å²) in [5, 5.41) is 9.69. The molecule has 1 aliphatic carbocycles. The molecule has 2 N–H and O–H groups in total. The van der Waals surface area contributed by atoms with Gasteiger partial charge in [-0.15, -0.1) is 0 Å². The van der Waals surface area contributed by atoms with Gasteiger partial charge in [-0.3, -0.25) is 14.5 Å². The Morgan fingerprint density at radius 1 is 1.29 bits per heavy atom. The van der Waals surface area contributed by atoms with E-state index in [0.29, 0.717) is 50.8 Å². The topological polar surface area (TPSA) is 90.7 Å². The Hall–Kier alpha value is -1.93. The summed E-state index contributed by atoms with van der Waals surface area (Å²) in [6.45, 7) is 6.20. The number of amides is 2. The minimum atomic E-state index is -0.117. The van der Waals surface area contributed by atoms with Gasteiger partial charge in [0.05, 0.1) is 13.1 Å². The number of anilines is 1. The molecule has 0 atom stereocenters. The lowest BCUT2D eigenvalue weighted by Gasteiger charge is -2.34. The summed E-state index contributed by atoms with van der Waals surface area (Å²) in [4.78, 5) is 28.0. The number of carbonyl (C=O) groups excluding carboxylic acids is 2. The molecule has 2 fully saturated rings. The maximum Gasteiger partial charge on any atom is 0.239 e. The predicted molar refractivity (Wildman–Crippen MR) is 88.5 cm³/mol. The van der Waals surface area contributed by atoms with Crippen LogP contribution in [-0.4, -0.2) is 72.6 Å². The van der Waals surface area contributed by atoms with Gasteiger partial charge in [-0.25, -0.2) is 0 Å². The number of carbonyl (C=O) groups is 2. The SMILES string of the molecule is Cc1cc(NC(=O)CN2CCN(C(=O)CNCC3CC3)CC2)no1. The molecule has 0 bridgehead atoms. The molecule has 0 spiro atoms. The van der Waals surface area contributed by atoms with Crippen molar-refractivity contribution in [1.29, 1.82) is 0 Å². The van der Waals surface area contributed by atoms with Gasteiger partial charge in [-0.05, 0) is 32.2 Å². The summed E-state index contributed by atoms with van der Waals surface area (Å²) >= 11 is 0. The first-order chi connectivity index (χ1) is 11.6. The van der Waals surface area contributed by atoms with Crippen LogP contribution < -0.4 is 10.6 Å². The van der Waals surface area contributed by atoms with Crippen LogP contribution in [0.1, 0.15) is 18.6 Å². The zero-order chi connectivity index (χ0) is 16.9. The first kappa shape index (κ1) is 16.9. The number of aromatic nitrogens is 1. The number of rotatable bonds is 7. The molecule has 1 aliphatic heterocycles. The second-order valence-electron chi connectivity index (χ2n) is 6.60. The van der Waals surface area contributed by atoms with Gasteiger partial charge in [-0.2, -0.15) is 0 Å². The largest absolute Gasteiger partial charge is 0.360 e. The van der Waals surface area contributed by atoms with E-state index in [1.54, 1.807) is 13.0 Å². The molecule has 24 heavy (non-hydrogen) atoms. The van der Waals surface area contributed by atoms with Crippen molar-refractivity contribution >= 4 is 17.6 Å². The Balaban J connectivity index is 1.33. The van der Waals surface area contributed by atoms with Crippen molar-refractivity contribution in [2.24, 2.45) is 5.92 Å². The molecule has 1 aromatic heterocycles. The van der Waals surface area contributed by atoms with Crippen LogP contribution in [0.3, 0.4) is 0 Å². The number of aryl methyl sites for hydroxylation is 1. The number of hydrogen-bond acceptors (Lipinski definition) is 6. The van der Waals surface area contributed by atoms with Crippen LogP contribution in [0.4, 0.5) is 5.82 Å². The Morgan fingerprint density at radius 3 is 2.67 bits per heavy atom. The standard InChI is InChI=1S/C16H25N5O3/c1-12-8-14(19-24-12)18-15(22)11-20-4-6-21(7-5-20)16(23)10-17-9-13-2-3-13/h8,13,17H,2-7,9-11H2,1H3,(H,18,19,22). The minimum Gasteiger partial charge on any atom is -0.360 e. The fourth-order valence-electron chi connectivity index (χ4n) is 2.78. The summed E-state index contributed by atoms with van der Waals surface area (Å²) in [6, 6.07) is 1.68. The van der Waals surface area contributed by atoms with Crippen LogP contribution in [-0.2, 0) is 9.59 Å². The molecular formula is C16H25N5O3. The van der Waals surface area contributed by atoms with Crippen LogP contribution in [0.2, 0.25) is 0 Å². The number of nitrogens with one attached hydrogen (secondary N) is 2. The van der Waals surface area contributed by atoms with Crippen LogP contribution in [0.25, 0.3) is 0 Å². The van der Waals surface area contributed by atoms with Gasteiger partial charge in [0.25, 0.3) is 0 Å². The molecule has 0 unspecified atom stereocenters. The monoisotopic (exact) mass is 335 g/mol. The third-order valence-corrected chi connectivity index (χ3v) is 4.39. The molecule has 2 heterocycles. The first-order valence-corrected chi connectivity index (χ1v) is 8.54. The molecule has 8 heteroatoms. The molecule has 1 saturated heterocycles. The van der Waals surface area contributed by atoms with E-state index in [1.807, 2.05) is 9.80 Å². The van der Waals surface area contributed by atoms with E-state index in [9.17, 15) is 9.59 Å². The number of nitrogens with zero attached hydrogens (tertiary/aromatic N) is 3. The van der Waals surface area contributed by atoms with E-state index < -0.39 is 0 Å². The summed E-state index contributed by atoms with van der Waals surface area (Å²) < 4.78 is 4.92. The summed E-state index contributed by atoms with van der Waals surface area (Å²) in [5.74, 6) is 1.91. The molecule has 0 aromatic carbocycles. The van der Waals surface area contributed by atoms with Gasteiger partial charge >= 0.3 is 0 Å². The quantitative estimate of drug-likeness (QED) is 0.733. The van der Waals surface area contributed by atoms with Crippen molar-refractivity contribution in [3.8, 4) is 0 Å². The van der Waals surface area contributed by atoms with Gasteiger partial charge in [0, 0.05) is 32.2 Å². The fraction of sp³-hybridized carbons (Fsp3) is 0.688. The van der Waals surface area contributed by atoms with E-state index in [2.05, 4.69) is 15.8 Å². The Labute approximate surface area is 141 Å². The van der Waals surface area contributed by atoms with E-state index in [4.69, 9.17) is 4.52 Å². The highest BCUT2D eigenvalue weighted by Gasteiger charge is 2.24. The van der Waals surface area contributed by atoms with Gasteiger partial charge < -0.3 is 20.1 Å². The third kappa shape index (κ3) is 5.04. The van der Waals surface area contributed by atoms with Crippen molar-refractivity contribution in [2.75, 3.05) is 51.1 Å². The molecular weight excluding hydrogens is 310 g/mol. The van der Waals surface area contributed by atoms with Crippen LogP contribution in [0, 0.1) is 12.8 Å². The van der Waals surface area contributed by atoms with Crippen molar-refractivity contribution < 1.29 is 14.1 Å². The fourth-order valence-corrected chi connectivity index (χ4v) is 2.78. The zero-order valence-electron chi connectivity index (χ0n) is 14.1. The van der Waals surface area contributed by atoms with Crippen LogP contribution in [0.15, 0.2) is 10.6 Å². The molecule has 8 nitrogen and oxygen atoms in total. The first-order valence-electron chi connectivity index (χ1n) is 8.54. The number of piperazine rings is 1. The summed E-state index contributed by atoms with van der Waals surface area (Å²) in [6.07, 6.45) is 2.58. The van der Waals surface area contributed by atoms with Crippen LogP contribution in [0.5, 0.6) is 0 Å². The highest BCUT2D eigenvalue weighted by Crippen LogP contribution is 2.27. The highest BCUT2D eigenvalue weighted by atomic mass is 16.5. The van der Waals surface area contributed by atoms with Crippen molar-refractivity contribution in [3.63, 3.8) is 0 Å². The molecule has 2 amide bonds. The Morgan fingerprint density at radius 2 is 2.04 bits per heavy atom. The molecule has 2 aliphatic rings. The minimum absolute atomic E-state index is 0.117. The normalized spacial score (nSPS) is 18.6. The van der Waals surface area contributed by atoms with Crippen molar-refractivity contribution in [2.45, 2.75) is 19.8 Å². The van der Waals surface area contributed by atoms with E-state index in [-0.39, 0.29) is 11.8 Å². The maximum absolute atomic E-state index is 12.1. The zero-order valence-corrected chi connectivity index (χ0v) is 14.1. The molecule has 1 saturated carbocycles. The molecule has 1 aromatic rings. The second kappa shape index (κ2) is 7.76.